The smallest absolute Gasteiger partial charge is 0.0868 e. The van der Waals surface area contributed by atoms with Crippen molar-refractivity contribution >= 4 is 0 Å². The van der Waals surface area contributed by atoms with Crippen LogP contribution in [0.15, 0.2) is 54.6 Å². The van der Waals surface area contributed by atoms with Crippen molar-refractivity contribution in [3.05, 3.63) is 60.2 Å². The van der Waals surface area contributed by atoms with Crippen molar-refractivity contribution in [3.63, 3.8) is 0 Å². The van der Waals surface area contributed by atoms with Gasteiger partial charge in [-0.2, -0.15) is 0 Å². The van der Waals surface area contributed by atoms with Gasteiger partial charge in [0, 0.05) is 5.92 Å². The molecule has 0 heterocycles. The Hall–Kier alpha value is -1.34. The van der Waals surface area contributed by atoms with Crippen LogP contribution >= 0.6 is 0 Å². The predicted octanol–water partition coefficient (Wildman–Crippen LogP) is 4.06. The summed E-state index contributed by atoms with van der Waals surface area (Å²) < 4.78 is 0. The van der Waals surface area contributed by atoms with Crippen LogP contribution in [0.4, 0.5) is 0 Å². The van der Waals surface area contributed by atoms with E-state index in [9.17, 15) is 5.11 Å². The van der Waals surface area contributed by atoms with Crippen molar-refractivity contribution in [1.29, 1.82) is 0 Å². The maximum Gasteiger partial charge on any atom is 0.0868 e. The number of hydrogen-bond acceptors (Lipinski definition) is 1. The molecule has 0 fully saturated rings. The van der Waals surface area contributed by atoms with Gasteiger partial charge in [-0.05, 0) is 32.8 Å². The molecule has 0 bridgehead atoms. The number of hydrogen-bond donors (Lipinski definition) is 1. The Morgan fingerprint density at radius 1 is 1.35 bits per heavy atom. The molecule has 0 saturated heterocycles. The van der Waals surface area contributed by atoms with Gasteiger partial charge >= 0.3 is 0 Å². The zero-order valence-electron chi connectivity index (χ0n) is 11.0. The lowest BCUT2D eigenvalue weighted by Crippen LogP contribution is -2.30. The van der Waals surface area contributed by atoms with Crippen LogP contribution < -0.4 is 0 Å². The molecule has 0 aromatic heterocycles. The molecule has 0 saturated carbocycles. The van der Waals surface area contributed by atoms with Gasteiger partial charge in [0.15, 0.2) is 0 Å². The third-order valence-corrected chi connectivity index (χ3v) is 3.08. The Balaban J connectivity index is 3.03. The van der Waals surface area contributed by atoms with Gasteiger partial charge in [-0.25, -0.2) is 0 Å². The van der Waals surface area contributed by atoms with Gasteiger partial charge in [0.1, 0.15) is 0 Å². The van der Waals surface area contributed by atoms with Crippen LogP contribution in [0.2, 0.25) is 0 Å². The van der Waals surface area contributed by atoms with E-state index < -0.39 is 5.60 Å². The van der Waals surface area contributed by atoms with Crippen molar-refractivity contribution in [2.75, 3.05) is 0 Å². The Bertz CT molecular complexity index is 383. The molecule has 1 aromatic rings. The van der Waals surface area contributed by atoms with E-state index in [1.165, 1.54) is 5.57 Å². The van der Waals surface area contributed by atoms with E-state index in [0.29, 0.717) is 0 Å². The predicted molar refractivity (Wildman–Crippen MR) is 74.1 cm³/mol. The largest absolute Gasteiger partial charge is 0.385 e. The molecule has 1 rings (SSSR count). The SMILES string of the molecule is C=CC(C)(O)C(CC=C(C)C)c1ccccc1. The molecule has 1 nitrogen and oxygen atoms in total. The van der Waals surface area contributed by atoms with Crippen LogP contribution in [0.5, 0.6) is 0 Å². The molecule has 0 aliphatic rings. The normalized spacial score (nSPS) is 15.8. The van der Waals surface area contributed by atoms with Crippen molar-refractivity contribution in [3.8, 4) is 0 Å². The van der Waals surface area contributed by atoms with Crippen LogP contribution in [0.3, 0.4) is 0 Å². The Labute approximate surface area is 104 Å². The fourth-order valence-corrected chi connectivity index (χ4v) is 1.89. The van der Waals surface area contributed by atoms with Crippen LogP contribution in [0, 0.1) is 0 Å². The van der Waals surface area contributed by atoms with Crippen molar-refractivity contribution < 1.29 is 5.11 Å². The highest BCUT2D eigenvalue weighted by molar-refractivity contribution is 5.26. The van der Waals surface area contributed by atoms with Crippen LogP contribution in [0.1, 0.15) is 38.7 Å². The highest BCUT2D eigenvalue weighted by atomic mass is 16.3. The number of aliphatic hydroxyl groups is 1. The van der Waals surface area contributed by atoms with E-state index in [-0.39, 0.29) is 5.92 Å². The summed E-state index contributed by atoms with van der Waals surface area (Å²) in [6.07, 6.45) is 4.62. The van der Waals surface area contributed by atoms with Gasteiger partial charge in [0.25, 0.3) is 0 Å². The third-order valence-electron chi connectivity index (χ3n) is 3.08. The topological polar surface area (TPSA) is 20.2 Å². The lowest BCUT2D eigenvalue weighted by molar-refractivity contribution is 0.0810. The highest BCUT2D eigenvalue weighted by Gasteiger charge is 2.28. The lowest BCUT2D eigenvalue weighted by Gasteiger charge is -2.30. The Kier molecular flexibility index (Phi) is 4.71. The molecule has 2 atom stereocenters. The van der Waals surface area contributed by atoms with E-state index in [1.807, 2.05) is 25.1 Å². The fourth-order valence-electron chi connectivity index (χ4n) is 1.89. The first-order chi connectivity index (χ1) is 7.97. The molecule has 92 valence electrons. The first kappa shape index (κ1) is 13.7. The summed E-state index contributed by atoms with van der Waals surface area (Å²) in [4.78, 5) is 0. The van der Waals surface area contributed by atoms with Crippen molar-refractivity contribution in [2.45, 2.75) is 38.7 Å². The second-order valence-corrected chi connectivity index (χ2v) is 4.91. The number of benzene rings is 1. The molecule has 1 aromatic carbocycles. The van der Waals surface area contributed by atoms with Gasteiger partial charge in [-0.3, -0.25) is 0 Å². The van der Waals surface area contributed by atoms with Gasteiger partial charge < -0.3 is 5.11 Å². The minimum absolute atomic E-state index is 0.0519. The Morgan fingerprint density at radius 3 is 2.41 bits per heavy atom. The second-order valence-electron chi connectivity index (χ2n) is 4.91. The average Bonchev–Trinajstić information content (AvgIpc) is 2.30. The monoisotopic (exact) mass is 230 g/mol. The minimum Gasteiger partial charge on any atom is -0.385 e. The van der Waals surface area contributed by atoms with Gasteiger partial charge in [-0.15, -0.1) is 6.58 Å². The van der Waals surface area contributed by atoms with E-state index in [0.717, 1.165) is 12.0 Å². The standard InChI is InChI=1S/C16H22O/c1-5-16(4,17)15(12-11-13(2)3)14-9-7-6-8-10-14/h5-11,15,17H,1,12H2,2-4H3. The second kappa shape index (κ2) is 5.83. The molecule has 0 amide bonds. The van der Waals surface area contributed by atoms with E-state index in [4.69, 9.17) is 0 Å². The molecule has 17 heavy (non-hydrogen) atoms. The lowest BCUT2D eigenvalue weighted by atomic mass is 9.81. The van der Waals surface area contributed by atoms with Crippen LogP contribution in [-0.2, 0) is 0 Å². The van der Waals surface area contributed by atoms with Gasteiger partial charge in [0.2, 0.25) is 0 Å². The van der Waals surface area contributed by atoms with Gasteiger partial charge in [-0.1, -0.05) is 48.1 Å². The zero-order chi connectivity index (χ0) is 12.9. The zero-order valence-corrected chi connectivity index (χ0v) is 11.0. The fraction of sp³-hybridized carbons (Fsp3) is 0.375. The van der Waals surface area contributed by atoms with Gasteiger partial charge in [0.05, 0.1) is 5.60 Å². The third kappa shape index (κ3) is 3.86. The van der Waals surface area contributed by atoms with Crippen LogP contribution in [-0.4, -0.2) is 10.7 Å². The highest BCUT2D eigenvalue weighted by Crippen LogP contribution is 2.32. The minimum atomic E-state index is -0.882. The molecule has 1 heteroatoms. The first-order valence-electron chi connectivity index (χ1n) is 6.01. The summed E-state index contributed by atoms with van der Waals surface area (Å²) >= 11 is 0. The molecular formula is C16H22O. The summed E-state index contributed by atoms with van der Waals surface area (Å²) in [5, 5.41) is 10.4. The van der Waals surface area contributed by atoms with E-state index in [2.05, 4.69) is 38.6 Å². The van der Waals surface area contributed by atoms with Crippen molar-refractivity contribution in [2.24, 2.45) is 0 Å². The van der Waals surface area contributed by atoms with Crippen LogP contribution in [0.25, 0.3) is 0 Å². The average molecular weight is 230 g/mol. The van der Waals surface area contributed by atoms with E-state index >= 15 is 0 Å². The summed E-state index contributed by atoms with van der Waals surface area (Å²) in [5.41, 5.74) is 1.54. The molecule has 2 unspecified atom stereocenters. The number of rotatable bonds is 5. The molecule has 0 spiro atoms. The summed E-state index contributed by atoms with van der Waals surface area (Å²) in [7, 11) is 0. The van der Waals surface area contributed by atoms with E-state index in [1.54, 1.807) is 6.08 Å². The summed E-state index contributed by atoms with van der Waals surface area (Å²) in [6.45, 7) is 9.70. The number of allylic oxidation sites excluding steroid dienone is 2. The maximum absolute atomic E-state index is 10.4. The summed E-state index contributed by atoms with van der Waals surface area (Å²) in [5.74, 6) is 0.0519. The first-order valence-corrected chi connectivity index (χ1v) is 6.01. The molecule has 1 N–H and O–H groups in total. The maximum atomic E-state index is 10.4. The quantitative estimate of drug-likeness (QED) is 0.756. The van der Waals surface area contributed by atoms with Crippen molar-refractivity contribution in [1.82, 2.24) is 0 Å². The molecular weight excluding hydrogens is 208 g/mol. The Morgan fingerprint density at radius 2 is 1.94 bits per heavy atom. The molecule has 0 aliphatic carbocycles. The molecule has 0 aliphatic heterocycles. The molecule has 0 radical (unpaired) electrons. The summed E-state index contributed by atoms with van der Waals surface area (Å²) in [6, 6.07) is 10.1.